The maximum Gasteiger partial charge on any atom is 0.341 e. The van der Waals surface area contributed by atoms with Crippen molar-refractivity contribution in [2.45, 2.75) is 24.5 Å². The molecule has 0 aliphatic rings. The number of rotatable bonds is 6. The van der Waals surface area contributed by atoms with Gasteiger partial charge in [0, 0.05) is 13.6 Å². The number of hydrogen-bond donors (Lipinski definition) is 1. The highest BCUT2D eigenvalue weighted by atomic mass is 32.2. The van der Waals surface area contributed by atoms with Gasteiger partial charge in [-0.15, -0.1) is 0 Å². The van der Waals surface area contributed by atoms with Crippen molar-refractivity contribution in [3.8, 4) is 0 Å². The fourth-order valence-corrected chi connectivity index (χ4v) is 2.90. The summed E-state index contributed by atoms with van der Waals surface area (Å²) in [7, 11) is -2.57. The first kappa shape index (κ1) is 20.5. The molecule has 0 spiro atoms. The third-order valence-electron chi connectivity index (χ3n) is 3.76. The number of amides is 1. The van der Waals surface area contributed by atoms with Crippen molar-refractivity contribution >= 4 is 21.9 Å². The van der Waals surface area contributed by atoms with E-state index in [0.717, 1.165) is 23.8 Å². The topological polar surface area (TPSA) is 107 Å². The second-order valence-corrected chi connectivity index (χ2v) is 7.48. The summed E-state index contributed by atoms with van der Waals surface area (Å²) in [6, 6.07) is 11.7. The van der Waals surface area contributed by atoms with Crippen molar-refractivity contribution in [2.75, 3.05) is 7.05 Å². The Morgan fingerprint density at radius 2 is 1.81 bits per heavy atom. The summed E-state index contributed by atoms with van der Waals surface area (Å²) < 4.78 is 41.6. The van der Waals surface area contributed by atoms with E-state index in [1.807, 2.05) is 30.3 Å². The maximum atomic E-state index is 13.9. The van der Waals surface area contributed by atoms with Crippen LogP contribution in [-0.4, -0.2) is 38.3 Å². The van der Waals surface area contributed by atoms with Gasteiger partial charge in [-0.1, -0.05) is 30.3 Å². The minimum atomic E-state index is -4.12. The fraction of sp³-hybridized carbons (Fsp3) is 0.222. The third-order valence-corrected chi connectivity index (χ3v) is 4.67. The van der Waals surface area contributed by atoms with Crippen LogP contribution in [0.1, 0.15) is 22.8 Å². The van der Waals surface area contributed by atoms with Gasteiger partial charge >= 0.3 is 5.97 Å². The molecule has 0 heterocycles. The molecule has 0 fully saturated rings. The van der Waals surface area contributed by atoms with Crippen LogP contribution in [0, 0.1) is 5.82 Å². The molecule has 2 aromatic carbocycles. The molecule has 2 N–H and O–H groups in total. The molecule has 0 radical (unpaired) electrons. The van der Waals surface area contributed by atoms with Gasteiger partial charge < -0.3 is 9.64 Å². The summed E-state index contributed by atoms with van der Waals surface area (Å²) in [5, 5.41) is 4.98. The van der Waals surface area contributed by atoms with Gasteiger partial charge in [0.2, 0.25) is 10.0 Å². The average Bonchev–Trinajstić information content (AvgIpc) is 2.61. The first-order chi connectivity index (χ1) is 12.6. The standard InChI is InChI=1S/C18H19FN2O5S/c1-12(17(22)21(2)11-13-6-4-3-5-7-13)26-18(23)15-10-14(27(20,24)25)8-9-16(15)19/h3-10,12H,11H2,1-2H3,(H2,20,24,25)/t12-/m0/s1. The Morgan fingerprint density at radius 1 is 1.19 bits per heavy atom. The van der Waals surface area contributed by atoms with E-state index in [1.165, 1.54) is 11.8 Å². The van der Waals surface area contributed by atoms with Crippen LogP contribution >= 0.6 is 0 Å². The van der Waals surface area contributed by atoms with Crippen molar-refractivity contribution in [3.63, 3.8) is 0 Å². The lowest BCUT2D eigenvalue weighted by molar-refractivity contribution is -0.139. The van der Waals surface area contributed by atoms with E-state index in [9.17, 15) is 22.4 Å². The lowest BCUT2D eigenvalue weighted by Gasteiger charge is -2.21. The molecule has 144 valence electrons. The molecule has 7 nitrogen and oxygen atoms in total. The second kappa shape index (κ2) is 8.28. The molecule has 0 saturated heterocycles. The molecule has 9 heteroatoms. The molecular formula is C18H19FN2O5S. The smallest absolute Gasteiger partial charge is 0.341 e. The molecule has 1 atom stereocenters. The summed E-state index contributed by atoms with van der Waals surface area (Å²) in [5.74, 6) is -2.63. The van der Waals surface area contributed by atoms with Gasteiger partial charge in [0.05, 0.1) is 10.5 Å². The summed E-state index contributed by atoms with van der Waals surface area (Å²) in [5.41, 5.74) is 0.269. The zero-order chi connectivity index (χ0) is 20.2. The predicted molar refractivity (Wildman–Crippen MR) is 95.6 cm³/mol. The maximum absolute atomic E-state index is 13.9. The van der Waals surface area contributed by atoms with Gasteiger partial charge in [-0.25, -0.2) is 22.7 Å². The highest BCUT2D eigenvalue weighted by Gasteiger charge is 2.25. The van der Waals surface area contributed by atoms with Crippen molar-refractivity contribution in [2.24, 2.45) is 5.14 Å². The fourth-order valence-electron chi connectivity index (χ4n) is 2.36. The van der Waals surface area contributed by atoms with Crippen LogP contribution in [0.4, 0.5) is 4.39 Å². The van der Waals surface area contributed by atoms with Gasteiger partial charge in [-0.05, 0) is 30.7 Å². The summed E-state index contributed by atoms with van der Waals surface area (Å²) in [6.45, 7) is 1.65. The molecule has 0 aliphatic carbocycles. The number of benzene rings is 2. The number of likely N-dealkylation sites (N-methyl/N-ethyl adjacent to an activating group) is 1. The van der Waals surface area contributed by atoms with E-state index < -0.39 is 44.3 Å². The third kappa shape index (κ3) is 5.35. The first-order valence-electron chi connectivity index (χ1n) is 7.92. The van der Waals surface area contributed by atoms with Gasteiger partial charge in [0.25, 0.3) is 5.91 Å². The van der Waals surface area contributed by atoms with Crippen molar-refractivity contribution in [1.82, 2.24) is 4.90 Å². The van der Waals surface area contributed by atoms with Crippen LogP contribution in [0.3, 0.4) is 0 Å². The molecule has 0 bridgehead atoms. The van der Waals surface area contributed by atoms with Crippen LogP contribution in [0.25, 0.3) is 0 Å². The highest BCUT2D eigenvalue weighted by Crippen LogP contribution is 2.16. The SMILES string of the molecule is C[C@H](OC(=O)c1cc(S(N)(=O)=O)ccc1F)C(=O)N(C)Cc1ccccc1. The molecule has 27 heavy (non-hydrogen) atoms. The van der Waals surface area contributed by atoms with Crippen LogP contribution < -0.4 is 5.14 Å². The zero-order valence-corrected chi connectivity index (χ0v) is 15.6. The molecule has 0 saturated carbocycles. The second-order valence-electron chi connectivity index (χ2n) is 5.91. The van der Waals surface area contributed by atoms with Crippen molar-refractivity contribution in [1.29, 1.82) is 0 Å². The summed E-state index contributed by atoms with van der Waals surface area (Å²) in [6.07, 6.45) is -1.19. The van der Waals surface area contributed by atoms with Crippen molar-refractivity contribution < 1.29 is 27.1 Å². The van der Waals surface area contributed by atoms with Gasteiger partial charge in [-0.3, -0.25) is 4.79 Å². The number of nitrogens with two attached hydrogens (primary N) is 1. The molecule has 0 unspecified atom stereocenters. The Morgan fingerprint density at radius 3 is 2.41 bits per heavy atom. The minimum absolute atomic E-state index is 0.302. The van der Waals surface area contributed by atoms with Crippen LogP contribution in [0.2, 0.25) is 0 Å². The van der Waals surface area contributed by atoms with E-state index >= 15 is 0 Å². The number of primary sulfonamides is 1. The quantitative estimate of drug-likeness (QED) is 0.750. The lowest BCUT2D eigenvalue weighted by atomic mass is 10.2. The van der Waals surface area contributed by atoms with Crippen molar-refractivity contribution in [3.05, 3.63) is 65.5 Å². The number of halogens is 1. The predicted octanol–water partition coefficient (Wildman–Crippen LogP) is 1.68. The first-order valence-corrected chi connectivity index (χ1v) is 9.46. The number of sulfonamides is 1. The Bertz CT molecular complexity index is 947. The molecule has 2 aromatic rings. The van der Waals surface area contributed by atoms with Gasteiger partial charge in [0.1, 0.15) is 5.82 Å². The molecular weight excluding hydrogens is 375 g/mol. The Labute approximate surface area is 156 Å². The van der Waals surface area contributed by atoms with Gasteiger partial charge in [-0.2, -0.15) is 0 Å². The minimum Gasteiger partial charge on any atom is -0.449 e. The number of carbonyl (C=O) groups excluding carboxylic acids is 2. The summed E-state index contributed by atoms with van der Waals surface area (Å²) in [4.78, 5) is 25.5. The Kier molecular flexibility index (Phi) is 6.29. The van der Waals surface area contributed by atoms with E-state index in [2.05, 4.69) is 0 Å². The molecule has 1 amide bonds. The summed E-state index contributed by atoms with van der Waals surface area (Å²) >= 11 is 0. The zero-order valence-electron chi connectivity index (χ0n) is 14.8. The molecule has 0 aromatic heterocycles. The number of nitrogens with zero attached hydrogens (tertiary/aromatic N) is 1. The number of carbonyl (C=O) groups is 2. The lowest BCUT2D eigenvalue weighted by Crippen LogP contribution is -2.37. The van der Waals surface area contributed by atoms with E-state index in [1.54, 1.807) is 7.05 Å². The molecule has 0 aliphatic heterocycles. The Hall–Kier alpha value is -2.78. The van der Waals surface area contributed by atoms with Gasteiger partial charge in [0.15, 0.2) is 6.10 Å². The molecule has 2 rings (SSSR count). The van der Waals surface area contributed by atoms with Crippen LogP contribution in [0.15, 0.2) is 53.4 Å². The van der Waals surface area contributed by atoms with Crippen LogP contribution in [0.5, 0.6) is 0 Å². The Balaban J connectivity index is 2.09. The van der Waals surface area contributed by atoms with E-state index in [0.29, 0.717) is 6.54 Å². The van der Waals surface area contributed by atoms with E-state index in [-0.39, 0.29) is 0 Å². The normalized spacial score (nSPS) is 12.3. The number of hydrogen-bond acceptors (Lipinski definition) is 5. The monoisotopic (exact) mass is 394 g/mol. The highest BCUT2D eigenvalue weighted by molar-refractivity contribution is 7.89. The van der Waals surface area contributed by atoms with Crippen LogP contribution in [-0.2, 0) is 26.1 Å². The average molecular weight is 394 g/mol. The largest absolute Gasteiger partial charge is 0.449 e. The number of esters is 1. The number of ether oxygens (including phenoxy) is 1. The van der Waals surface area contributed by atoms with E-state index in [4.69, 9.17) is 9.88 Å².